The first-order valence-electron chi connectivity index (χ1n) is 13.4. The summed E-state index contributed by atoms with van der Waals surface area (Å²) in [6, 6.07) is 19.6. The van der Waals surface area contributed by atoms with Gasteiger partial charge in [0.1, 0.15) is 12.3 Å². The lowest BCUT2D eigenvalue weighted by Crippen LogP contribution is -2.55. The Bertz CT molecular complexity index is 884. The molecule has 2 aromatic carbocycles. The average molecular weight is 445 g/mol. The summed E-state index contributed by atoms with van der Waals surface area (Å²) in [5.74, 6) is 0. The molecule has 4 nitrogen and oxygen atoms in total. The van der Waals surface area contributed by atoms with Gasteiger partial charge in [0.25, 0.3) is 0 Å². The van der Waals surface area contributed by atoms with Crippen molar-refractivity contribution in [2.75, 3.05) is 33.7 Å². The maximum Gasteiger partial charge on any atom is 0.105 e. The molecule has 33 heavy (non-hydrogen) atoms. The predicted octanol–water partition coefficient (Wildman–Crippen LogP) is 6.61. The lowest BCUT2D eigenvalue weighted by molar-refractivity contribution is 0.349. The molecule has 2 aromatic rings. The molecule has 6 rings (SSSR count). The van der Waals surface area contributed by atoms with Gasteiger partial charge in [-0.05, 0) is 49.9 Å². The van der Waals surface area contributed by atoms with Gasteiger partial charge in [-0.2, -0.15) is 0 Å². The molecule has 0 saturated heterocycles. The van der Waals surface area contributed by atoms with E-state index in [0.29, 0.717) is 24.4 Å². The second-order valence-corrected chi connectivity index (χ2v) is 10.8. The smallest absolute Gasteiger partial charge is 0.105 e. The van der Waals surface area contributed by atoms with E-state index in [1.54, 1.807) is 0 Å². The SMILES string of the molecule is CN1c2ccccc2N(C2CCCCC2)C1CC1N(C)c2ccccc2N1C1CCCCC1. The van der Waals surface area contributed by atoms with Gasteiger partial charge in [0, 0.05) is 32.6 Å². The first kappa shape index (κ1) is 21.2. The van der Waals surface area contributed by atoms with Gasteiger partial charge in [-0.1, -0.05) is 62.8 Å². The molecule has 0 aromatic heterocycles. The molecule has 2 saturated carbocycles. The van der Waals surface area contributed by atoms with Crippen LogP contribution in [-0.4, -0.2) is 38.5 Å². The van der Waals surface area contributed by atoms with Crippen molar-refractivity contribution in [1.82, 2.24) is 0 Å². The van der Waals surface area contributed by atoms with E-state index in [1.807, 2.05) is 0 Å². The van der Waals surface area contributed by atoms with E-state index >= 15 is 0 Å². The fourth-order valence-corrected chi connectivity index (χ4v) is 7.31. The lowest BCUT2D eigenvalue weighted by Gasteiger charge is -2.44. The average Bonchev–Trinajstić information content (AvgIpc) is 3.32. The summed E-state index contributed by atoms with van der Waals surface area (Å²) in [5, 5.41) is 0. The van der Waals surface area contributed by atoms with Gasteiger partial charge in [0.05, 0.1) is 22.7 Å². The molecule has 4 aliphatic rings. The van der Waals surface area contributed by atoms with Crippen LogP contribution in [-0.2, 0) is 0 Å². The number of para-hydroxylation sites is 4. The molecule has 2 unspecified atom stereocenters. The highest BCUT2D eigenvalue weighted by Crippen LogP contribution is 2.48. The molecular weight excluding hydrogens is 404 g/mol. The molecule has 176 valence electrons. The molecule has 2 aliphatic carbocycles. The zero-order valence-corrected chi connectivity index (χ0v) is 20.5. The van der Waals surface area contributed by atoms with Crippen molar-refractivity contribution in [2.45, 2.75) is 95.0 Å². The number of rotatable bonds is 4. The first-order chi connectivity index (χ1) is 16.2. The molecule has 0 spiro atoms. The van der Waals surface area contributed by atoms with Gasteiger partial charge in [-0.25, -0.2) is 0 Å². The Morgan fingerprint density at radius 3 is 1.30 bits per heavy atom. The van der Waals surface area contributed by atoms with Crippen molar-refractivity contribution in [3.05, 3.63) is 48.5 Å². The molecule has 0 bridgehead atoms. The number of hydrogen-bond acceptors (Lipinski definition) is 4. The van der Waals surface area contributed by atoms with Crippen LogP contribution in [0.5, 0.6) is 0 Å². The number of fused-ring (bicyclic) bond motifs is 2. The highest BCUT2D eigenvalue weighted by atomic mass is 15.5. The fraction of sp³-hybridized carbons (Fsp3) is 0.586. The van der Waals surface area contributed by atoms with E-state index in [0.717, 1.165) is 6.42 Å². The fourth-order valence-electron chi connectivity index (χ4n) is 7.31. The summed E-state index contributed by atoms with van der Waals surface area (Å²) in [6.07, 6.45) is 15.7. The topological polar surface area (TPSA) is 13.0 Å². The van der Waals surface area contributed by atoms with Gasteiger partial charge >= 0.3 is 0 Å². The van der Waals surface area contributed by atoms with Crippen LogP contribution < -0.4 is 19.6 Å². The Labute approximate surface area is 200 Å². The van der Waals surface area contributed by atoms with Crippen molar-refractivity contribution in [1.29, 1.82) is 0 Å². The summed E-state index contributed by atoms with van der Waals surface area (Å²) in [6.45, 7) is 0. The van der Waals surface area contributed by atoms with Crippen molar-refractivity contribution in [3.8, 4) is 0 Å². The summed E-state index contributed by atoms with van der Waals surface area (Å²) in [4.78, 5) is 10.8. The number of hydrogen-bond donors (Lipinski definition) is 0. The van der Waals surface area contributed by atoms with Crippen molar-refractivity contribution >= 4 is 22.7 Å². The highest BCUT2D eigenvalue weighted by Gasteiger charge is 2.44. The molecule has 2 fully saturated rings. The molecule has 2 atom stereocenters. The second kappa shape index (κ2) is 8.77. The van der Waals surface area contributed by atoms with E-state index in [2.05, 4.69) is 82.2 Å². The Balaban J connectivity index is 1.35. The van der Waals surface area contributed by atoms with Crippen LogP contribution in [0.15, 0.2) is 48.5 Å². The van der Waals surface area contributed by atoms with Crippen LogP contribution in [0, 0.1) is 0 Å². The van der Waals surface area contributed by atoms with Gasteiger partial charge in [-0.15, -0.1) is 0 Å². The summed E-state index contributed by atoms with van der Waals surface area (Å²) < 4.78 is 0. The van der Waals surface area contributed by atoms with E-state index in [-0.39, 0.29) is 0 Å². The minimum Gasteiger partial charge on any atom is -0.352 e. The molecule has 2 heterocycles. The zero-order chi connectivity index (χ0) is 22.4. The Morgan fingerprint density at radius 2 is 0.909 bits per heavy atom. The second-order valence-electron chi connectivity index (χ2n) is 10.8. The molecule has 2 aliphatic heterocycles. The minimum absolute atomic E-state index is 0.415. The number of anilines is 4. The summed E-state index contributed by atoms with van der Waals surface area (Å²) in [7, 11) is 4.67. The van der Waals surface area contributed by atoms with Crippen molar-refractivity contribution in [2.24, 2.45) is 0 Å². The van der Waals surface area contributed by atoms with Crippen LogP contribution in [0.1, 0.15) is 70.6 Å². The van der Waals surface area contributed by atoms with E-state index < -0.39 is 0 Å². The number of benzene rings is 2. The van der Waals surface area contributed by atoms with Crippen LogP contribution in [0.4, 0.5) is 22.7 Å². The van der Waals surface area contributed by atoms with Gasteiger partial charge < -0.3 is 19.6 Å². The Kier molecular flexibility index (Phi) is 5.63. The molecule has 0 N–H and O–H groups in total. The predicted molar refractivity (Wildman–Crippen MR) is 141 cm³/mol. The van der Waals surface area contributed by atoms with Gasteiger partial charge in [0.2, 0.25) is 0 Å². The summed E-state index contributed by atoms with van der Waals surface area (Å²) >= 11 is 0. The van der Waals surface area contributed by atoms with Gasteiger partial charge in [-0.3, -0.25) is 0 Å². The minimum atomic E-state index is 0.415. The van der Waals surface area contributed by atoms with Gasteiger partial charge in [0.15, 0.2) is 0 Å². The monoisotopic (exact) mass is 444 g/mol. The molecule has 0 radical (unpaired) electrons. The lowest BCUT2D eigenvalue weighted by atomic mass is 9.92. The van der Waals surface area contributed by atoms with Crippen LogP contribution in [0.2, 0.25) is 0 Å². The Morgan fingerprint density at radius 1 is 0.545 bits per heavy atom. The normalized spacial score (nSPS) is 26.1. The molecular formula is C29H40N4. The molecule has 4 heteroatoms. The van der Waals surface area contributed by atoms with Crippen LogP contribution in [0.3, 0.4) is 0 Å². The third-order valence-electron chi connectivity index (χ3n) is 8.97. The third-order valence-corrected chi connectivity index (χ3v) is 8.97. The van der Waals surface area contributed by atoms with E-state index in [9.17, 15) is 0 Å². The van der Waals surface area contributed by atoms with Crippen LogP contribution >= 0.6 is 0 Å². The van der Waals surface area contributed by atoms with E-state index in [1.165, 1.54) is 87.0 Å². The van der Waals surface area contributed by atoms with E-state index in [4.69, 9.17) is 0 Å². The highest BCUT2D eigenvalue weighted by molar-refractivity contribution is 5.80. The van der Waals surface area contributed by atoms with Crippen LogP contribution in [0.25, 0.3) is 0 Å². The van der Waals surface area contributed by atoms with Crippen molar-refractivity contribution < 1.29 is 0 Å². The standard InChI is InChI=1S/C29H40N4/c1-30-24-17-9-11-19-26(24)32(22-13-5-3-6-14-22)28(30)21-29-31(2)25-18-10-12-20-27(25)33(29)23-15-7-4-8-16-23/h9-12,17-20,22-23,28-29H,3-8,13-16,21H2,1-2H3. The largest absolute Gasteiger partial charge is 0.352 e. The molecule has 0 amide bonds. The zero-order valence-electron chi connectivity index (χ0n) is 20.5. The number of nitrogens with zero attached hydrogens (tertiary/aromatic N) is 4. The maximum absolute atomic E-state index is 2.82. The Hall–Kier alpha value is -2.36. The maximum atomic E-state index is 2.82. The first-order valence-corrected chi connectivity index (χ1v) is 13.4. The van der Waals surface area contributed by atoms with Crippen molar-refractivity contribution in [3.63, 3.8) is 0 Å². The third kappa shape index (κ3) is 3.57. The summed E-state index contributed by atoms with van der Waals surface area (Å²) in [5.41, 5.74) is 5.74. The quantitative estimate of drug-likeness (QED) is 0.526.